The summed E-state index contributed by atoms with van der Waals surface area (Å²) in [4.78, 5) is 12.5. The molecule has 31 heavy (non-hydrogen) atoms. The Labute approximate surface area is 177 Å². The molecule has 0 aliphatic carbocycles. The van der Waals surface area contributed by atoms with Crippen molar-refractivity contribution in [2.75, 3.05) is 13.1 Å². The lowest BCUT2D eigenvalue weighted by atomic mass is 10.0. The van der Waals surface area contributed by atoms with Crippen LogP contribution >= 0.6 is 0 Å². The molecule has 0 amide bonds. The summed E-state index contributed by atoms with van der Waals surface area (Å²) in [6.07, 6.45) is 6.76. The van der Waals surface area contributed by atoms with Crippen molar-refractivity contribution in [3.05, 3.63) is 72.4 Å². The van der Waals surface area contributed by atoms with Crippen molar-refractivity contribution in [2.24, 2.45) is 0 Å². The number of hydrogen-bond acceptors (Lipinski definition) is 4. The number of aromatic nitrogens is 5. The second kappa shape index (κ2) is 7.14. The maximum Gasteiger partial charge on any atom is 0.138 e. The number of rotatable bonds is 3. The van der Waals surface area contributed by atoms with Gasteiger partial charge in [-0.3, -0.25) is 10.1 Å². The van der Waals surface area contributed by atoms with Crippen LogP contribution in [0.15, 0.2) is 60.9 Å². The van der Waals surface area contributed by atoms with Gasteiger partial charge >= 0.3 is 0 Å². The lowest BCUT2D eigenvalue weighted by Gasteiger charge is -2.13. The van der Waals surface area contributed by atoms with E-state index in [0.717, 1.165) is 69.7 Å². The Kier molecular flexibility index (Phi) is 4.14. The molecule has 0 saturated heterocycles. The van der Waals surface area contributed by atoms with Crippen LogP contribution in [0, 0.1) is 5.82 Å². The zero-order valence-corrected chi connectivity index (χ0v) is 16.6. The highest BCUT2D eigenvalue weighted by Crippen LogP contribution is 2.34. The minimum absolute atomic E-state index is 0.250. The maximum atomic E-state index is 13.4. The first kappa shape index (κ1) is 18.0. The van der Waals surface area contributed by atoms with Crippen molar-refractivity contribution >= 4 is 27.5 Å². The molecule has 1 aliphatic rings. The van der Waals surface area contributed by atoms with Crippen molar-refractivity contribution in [3.63, 3.8) is 0 Å². The third-order valence-corrected chi connectivity index (χ3v) is 5.78. The molecule has 1 aromatic carbocycles. The highest BCUT2D eigenvalue weighted by atomic mass is 19.1. The number of pyridine rings is 2. The topological polar surface area (TPSA) is 82.3 Å². The van der Waals surface area contributed by atoms with Crippen LogP contribution in [-0.4, -0.2) is 38.2 Å². The van der Waals surface area contributed by atoms with Gasteiger partial charge in [-0.05, 0) is 60.0 Å². The standard InChI is InChI=1S/C24H19FN6/c25-16-3-1-14(2-4-16)17-7-10-27-24-18(17)11-21(29-24)23-19-12-20(15-5-8-26-9-6-15)28-13-22(19)30-31-23/h1-5,7,10-13,26H,6,8-9H2,(H,27,29)(H,30,31). The third-order valence-electron chi connectivity index (χ3n) is 5.78. The Hall–Kier alpha value is -3.84. The largest absolute Gasteiger partial charge is 0.338 e. The zero-order chi connectivity index (χ0) is 20.8. The number of benzene rings is 1. The van der Waals surface area contributed by atoms with Gasteiger partial charge in [0.2, 0.25) is 0 Å². The van der Waals surface area contributed by atoms with Gasteiger partial charge in [0.25, 0.3) is 0 Å². The highest BCUT2D eigenvalue weighted by molar-refractivity contribution is 6.00. The summed E-state index contributed by atoms with van der Waals surface area (Å²) < 4.78 is 13.4. The van der Waals surface area contributed by atoms with Crippen LogP contribution in [0.1, 0.15) is 12.1 Å². The Morgan fingerprint density at radius 1 is 0.968 bits per heavy atom. The fourth-order valence-electron chi connectivity index (χ4n) is 4.19. The molecule has 6 rings (SSSR count). The van der Waals surface area contributed by atoms with Crippen LogP contribution in [0.4, 0.5) is 4.39 Å². The Bertz CT molecular complexity index is 1440. The lowest BCUT2D eigenvalue weighted by molar-refractivity contribution is 0.628. The van der Waals surface area contributed by atoms with Gasteiger partial charge in [0.1, 0.15) is 17.2 Å². The zero-order valence-electron chi connectivity index (χ0n) is 16.6. The van der Waals surface area contributed by atoms with Gasteiger partial charge in [-0.15, -0.1) is 0 Å². The van der Waals surface area contributed by atoms with Crippen LogP contribution in [0.5, 0.6) is 0 Å². The molecular weight excluding hydrogens is 391 g/mol. The molecule has 7 heteroatoms. The van der Waals surface area contributed by atoms with Crippen LogP contribution in [-0.2, 0) is 0 Å². The number of H-pyrrole nitrogens is 2. The third kappa shape index (κ3) is 3.10. The molecule has 6 nitrogen and oxygen atoms in total. The van der Waals surface area contributed by atoms with Gasteiger partial charge in [-0.1, -0.05) is 18.2 Å². The fourth-order valence-corrected chi connectivity index (χ4v) is 4.19. The van der Waals surface area contributed by atoms with E-state index in [-0.39, 0.29) is 5.82 Å². The molecule has 152 valence electrons. The molecule has 0 radical (unpaired) electrons. The Balaban J connectivity index is 1.48. The van der Waals surface area contributed by atoms with E-state index in [1.165, 1.54) is 17.7 Å². The van der Waals surface area contributed by atoms with Crippen molar-refractivity contribution < 1.29 is 4.39 Å². The summed E-state index contributed by atoms with van der Waals surface area (Å²) in [6.45, 7) is 1.83. The summed E-state index contributed by atoms with van der Waals surface area (Å²) in [7, 11) is 0. The predicted octanol–water partition coefficient (Wildman–Crippen LogP) is 4.68. The minimum atomic E-state index is -0.250. The maximum absolute atomic E-state index is 13.4. The van der Waals surface area contributed by atoms with Crippen LogP contribution in [0.25, 0.3) is 50.0 Å². The minimum Gasteiger partial charge on any atom is -0.338 e. The van der Waals surface area contributed by atoms with E-state index in [1.54, 1.807) is 18.3 Å². The summed E-state index contributed by atoms with van der Waals surface area (Å²) in [5.74, 6) is -0.250. The van der Waals surface area contributed by atoms with Gasteiger partial charge in [0.15, 0.2) is 0 Å². The summed E-state index contributed by atoms with van der Waals surface area (Å²) in [5, 5.41) is 13.0. The molecule has 0 unspecified atom stereocenters. The van der Waals surface area contributed by atoms with Gasteiger partial charge in [0, 0.05) is 23.5 Å². The monoisotopic (exact) mass is 410 g/mol. The van der Waals surface area contributed by atoms with Gasteiger partial charge < -0.3 is 10.3 Å². The number of fused-ring (bicyclic) bond motifs is 2. The summed E-state index contributed by atoms with van der Waals surface area (Å²) in [6, 6.07) is 12.6. The molecule has 0 fully saturated rings. The molecule has 5 aromatic rings. The second-order valence-corrected chi connectivity index (χ2v) is 7.68. The van der Waals surface area contributed by atoms with Crippen molar-refractivity contribution in [1.29, 1.82) is 0 Å². The van der Waals surface area contributed by atoms with Crippen molar-refractivity contribution in [3.8, 4) is 22.5 Å². The Morgan fingerprint density at radius 2 is 1.87 bits per heavy atom. The second-order valence-electron chi connectivity index (χ2n) is 7.68. The molecule has 4 aromatic heterocycles. The molecule has 0 atom stereocenters. The number of aromatic amines is 2. The quantitative estimate of drug-likeness (QED) is 0.403. The van der Waals surface area contributed by atoms with E-state index >= 15 is 0 Å². The number of nitrogens with one attached hydrogen (secondary N) is 3. The molecule has 0 bridgehead atoms. The number of halogens is 1. The van der Waals surface area contributed by atoms with Crippen molar-refractivity contribution in [2.45, 2.75) is 6.42 Å². The average Bonchev–Trinajstić information content (AvgIpc) is 3.43. The molecule has 3 N–H and O–H groups in total. The first-order valence-corrected chi connectivity index (χ1v) is 10.2. The van der Waals surface area contributed by atoms with E-state index in [2.05, 4.69) is 48.7 Å². The highest BCUT2D eigenvalue weighted by Gasteiger charge is 2.16. The van der Waals surface area contributed by atoms with E-state index in [4.69, 9.17) is 0 Å². The van der Waals surface area contributed by atoms with E-state index in [1.807, 2.05) is 12.3 Å². The summed E-state index contributed by atoms with van der Waals surface area (Å²) in [5.41, 5.74) is 7.53. The van der Waals surface area contributed by atoms with Crippen LogP contribution in [0.3, 0.4) is 0 Å². The fraction of sp³-hybridized carbons (Fsp3) is 0.125. The smallest absolute Gasteiger partial charge is 0.138 e. The SMILES string of the molecule is Fc1ccc(-c2ccnc3[nH]c(-c4n[nH]c5cnc(C6=CCNCC6)cc45)cc23)cc1. The van der Waals surface area contributed by atoms with Gasteiger partial charge in [-0.2, -0.15) is 5.10 Å². The molecule has 0 saturated carbocycles. The molecule has 0 spiro atoms. The molecule has 5 heterocycles. The normalized spacial score (nSPS) is 14.3. The van der Waals surface area contributed by atoms with E-state index in [9.17, 15) is 4.39 Å². The van der Waals surface area contributed by atoms with Gasteiger partial charge in [-0.25, -0.2) is 9.37 Å². The Morgan fingerprint density at radius 3 is 2.71 bits per heavy atom. The summed E-state index contributed by atoms with van der Waals surface area (Å²) >= 11 is 0. The first-order chi connectivity index (χ1) is 15.3. The van der Waals surface area contributed by atoms with E-state index < -0.39 is 0 Å². The molecular formula is C24H19FN6. The average molecular weight is 410 g/mol. The number of nitrogens with zero attached hydrogens (tertiary/aromatic N) is 3. The number of hydrogen-bond donors (Lipinski definition) is 3. The van der Waals surface area contributed by atoms with Crippen molar-refractivity contribution in [1.82, 2.24) is 30.5 Å². The van der Waals surface area contributed by atoms with Crippen LogP contribution in [0.2, 0.25) is 0 Å². The van der Waals surface area contributed by atoms with Crippen LogP contribution < -0.4 is 5.32 Å². The predicted molar refractivity (Wildman–Crippen MR) is 120 cm³/mol. The van der Waals surface area contributed by atoms with E-state index in [0.29, 0.717) is 0 Å². The molecule has 1 aliphatic heterocycles. The van der Waals surface area contributed by atoms with Gasteiger partial charge in [0.05, 0.1) is 23.1 Å². The first-order valence-electron chi connectivity index (χ1n) is 10.2. The lowest BCUT2D eigenvalue weighted by Crippen LogP contribution is -2.20.